The van der Waals surface area contributed by atoms with E-state index in [1.54, 1.807) is 18.2 Å². The van der Waals surface area contributed by atoms with E-state index in [4.69, 9.17) is 4.74 Å². The first-order chi connectivity index (χ1) is 14.4. The second kappa shape index (κ2) is 10.6. The molecule has 0 radical (unpaired) electrons. The zero-order valence-corrected chi connectivity index (χ0v) is 18.1. The van der Waals surface area contributed by atoms with Gasteiger partial charge in [-0.15, -0.1) is 11.8 Å². The monoisotopic (exact) mass is 430 g/mol. The van der Waals surface area contributed by atoms with Crippen molar-refractivity contribution in [2.24, 2.45) is 0 Å². The van der Waals surface area contributed by atoms with Crippen molar-refractivity contribution in [2.45, 2.75) is 37.7 Å². The largest absolute Gasteiger partial charge is 0.376 e. The third-order valence-corrected chi connectivity index (χ3v) is 6.24. The molecule has 0 spiro atoms. The molecule has 30 heavy (non-hydrogen) atoms. The van der Waals surface area contributed by atoms with Crippen molar-refractivity contribution in [3.05, 3.63) is 59.4 Å². The maximum absolute atomic E-state index is 13.9. The van der Waals surface area contributed by atoms with E-state index >= 15 is 0 Å². The van der Waals surface area contributed by atoms with E-state index in [2.05, 4.69) is 5.32 Å². The van der Waals surface area contributed by atoms with Crippen molar-refractivity contribution >= 4 is 29.3 Å². The van der Waals surface area contributed by atoms with Crippen molar-refractivity contribution in [3.8, 4) is 0 Å². The number of anilines is 1. The van der Waals surface area contributed by atoms with Gasteiger partial charge in [0.1, 0.15) is 5.82 Å². The predicted octanol–water partition coefficient (Wildman–Crippen LogP) is 4.18. The van der Waals surface area contributed by atoms with E-state index < -0.39 is 0 Å². The van der Waals surface area contributed by atoms with Crippen LogP contribution in [0.4, 0.5) is 10.1 Å². The molecule has 160 valence electrons. The first-order valence-electron chi connectivity index (χ1n) is 10.1. The molecule has 5 nitrogen and oxygen atoms in total. The summed E-state index contributed by atoms with van der Waals surface area (Å²) >= 11 is 1.14. The first kappa shape index (κ1) is 22.3. The molecule has 1 N–H and O–H groups in total. The molecule has 1 saturated heterocycles. The van der Waals surface area contributed by atoms with Crippen molar-refractivity contribution in [2.75, 3.05) is 30.8 Å². The van der Waals surface area contributed by atoms with Crippen LogP contribution in [0.25, 0.3) is 0 Å². The molecule has 1 aliphatic rings. The molecule has 0 aromatic heterocycles. The molecule has 0 bridgehead atoms. The van der Waals surface area contributed by atoms with Crippen LogP contribution in [0.5, 0.6) is 0 Å². The molecule has 0 unspecified atom stereocenters. The number of nitrogens with zero attached hydrogens (tertiary/aromatic N) is 1. The SMILES string of the molecule is Cc1cccc(NC(=O)CN(C[C@H]2CCCO2)C(=O)CSc2ccccc2F)c1C. The lowest BCUT2D eigenvalue weighted by molar-refractivity contribution is -0.133. The molecule has 3 rings (SSSR count). The van der Waals surface area contributed by atoms with Crippen molar-refractivity contribution in [1.82, 2.24) is 4.90 Å². The Morgan fingerprint density at radius 1 is 1.20 bits per heavy atom. The number of benzene rings is 2. The fourth-order valence-corrected chi connectivity index (χ4v) is 4.17. The molecule has 1 atom stereocenters. The van der Waals surface area contributed by atoms with Crippen molar-refractivity contribution < 1.29 is 18.7 Å². The third-order valence-electron chi connectivity index (χ3n) is 5.20. The number of halogens is 1. The van der Waals surface area contributed by atoms with E-state index in [-0.39, 0.29) is 36.0 Å². The van der Waals surface area contributed by atoms with Gasteiger partial charge in [-0.1, -0.05) is 24.3 Å². The fraction of sp³-hybridized carbons (Fsp3) is 0.391. The summed E-state index contributed by atoms with van der Waals surface area (Å²) in [7, 11) is 0. The third kappa shape index (κ3) is 6.06. The van der Waals surface area contributed by atoms with Gasteiger partial charge in [0.25, 0.3) is 0 Å². The van der Waals surface area contributed by atoms with Crippen molar-refractivity contribution in [3.63, 3.8) is 0 Å². The van der Waals surface area contributed by atoms with Gasteiger partial charge in [-0.3, -0.25) is 9.59 Å². The lowest BCUT2D eigenvalue weighted by Gasteiger charge is -2.25. The maximum Gasteiger partial charge on any atom is 0.244 e. The predicted molar refractivity (Wildman–Crippen MR) is 117 cm³/mol. The Morgan fingerprint density at radius 2 is 2.00 bits per heavy atom. The molecule has 2 amide bonds. The van der Waals surface area contributed by atoms with Crippen LogP contribution in [0.2, 0.25) is 0 Å². The number of hydrogen-bond acceptors (Lipinski definition) is 4. The van der Waals surface area contributed by atoms with Crippen LogP contribution in [0, 0.1) is 19.7 Å². The van der Waals surface area contributed by atoms with Gasteiger partial charge in [0.15, 0.2) is 0 Å². The molecule has 0 saturated carbocycles. The fourth-order valence-electron chi connectivity index (χ4n) is 3.33. The maximum atomic E-state index is 13.9. The molecule has 1 aliphatic heterocycles. The molecule has 1 fully saturated rings. The van der Waals surface area contributed by atoms with Crippen LogP contribution in [-0.4, -0.2) is 48.3 Å². The minimum Gasteiger partial charge on any atom is -0.376 e. The number of carbonyl (C=O) groups is 2. The minimum atomic E-state index is -0.353. The number of aryl methyl sites for hydroxylation is 1. The van der Waals surface area contributed by atoms with Crippen LogP contribution >= 0.6 is 11.8 Å². The van der Waals surface area contributed by atoms with Crippen LogP contribution in [0.3, 0.4) is 0 Å². The van der Waals surface area contributed by atoms with Crippen LogP contribution in [0.15, 0.2) is 47.4 Å². The van der Waals surface area contributed by atoms with Gasteiger partial charge in [-0.2, -0.15) is 0 Å². The minimum absolute atomic E-state index is 0.0599. The Hall–Kier alpha value is -2.38. The number of ether oxygens (including phenoxy) is 1. The van der Waals surface area contributed by atoms with Crippen molar-refractivity contribution in [1.29, 1.82) is 0 Å². The van der Waals surface area contributed by atoms with E-state index in [0.29, 0.717) is 18.0 Å². The number of amides is 2. The summed E-state index contributed by atoms with van der Waals surface area (Å²) in [5.41, 5.74) is 2.82. The summed E-state index contributed by atoms with van der Waals surface area (Å²) in [4.78, 5) is 27.5. The van der Waals surface area contributed by atoms with E-state index in [0.717, 1.165) is 41.4 Å². The second-order valence-electron chi connectivity index (χ2n) is 7.42. The average Bonchev–Trinajstić information content (AvgIpc) is 3.23. The summed E-state index contributed by atoms with van der Waals surface area (Å²) in [6.45, 7) is 4.90. The lowest BCUT2D eigenvalue weighted by atomic mass is 10.1. The highest BCUT2D eigenvalue weighted by molar-refractivity contribution is 8.00. The number of hydrogen-bond donors (Lipinski definition) is 1. The average molecular weight is 431 g/mol. The van der Waals surface area contributed by atoms with Crippen LogP contribution in [-0.2, 0) is 14.3 Å². The van der Waals surface area contributed by atoms with Crippen LogP contribution < -0.4 is 5.32 Å². The molecule has 0 aliphatic carbocycles. The van der Waals surface area contributed by atoms with Gasteiger partial charge >= 0.3 is 0 Å². The van der Waals surface area contributed by atoms with E-state index in [1.165, 1.54) is 11.0 Å². The highest BCUT2D eigenvalue weighted by Gasteiger charge is 2.25. The summed E-state index contributed by atoms with van der Waals surface area (Å²) in [6, 6.07) is 12.1. The summed E-state index contributed by atoms with van der Waals surface area (Å²) in [5, 5.41) is 2.90. The Labute approximate surface area is 181 Å². The van der Waals surface area contributed by atoms with Gasteiger partial charge < -0.3 is 15.0 Å². The van der Waals surface area contributed by atoms with Gasteiger partial charge in [0.2, 0.25) is 11.8 Å². The molecular weight excluding hydrogens is 403 g/mol. The Kier molecular flexibility index (Phi) is 7.87. The summed E-state index contributed by atoms with van der Waals surface area (Å²) in [6.07, 6.45) is 1.75. The highest BCUT2D eigenvalue weighted by atomic mass is 32.2. The van der Waals surface area contributed by atoms with Crippen LogP contribution in [0.1, 0.15) is 24.0 Å². The quantitative estimate of drug-likeness (QED) is 0.639. The lowest BCUT2D eigenvalue weighted by Crippen LogP contribution is -2.43. The van der Waals surface area contributed by atoms with E-state index in [1.807, 2.05) is 32.0 Å². The highest BCUT2D eigenvalue weighted by Crippen LogP contribution is 2.22. The molecule has 2 aromatic rings. The van der Waals surface area contributed by atoms with Gasteiger partial charge in [0, 0.05) is 23.7 Å². The zero-order chi connectivity index (χ0) is 21.5. The number of thioether (sulfide) groups is 1. The number of nitrogens with one attached hydrogen (secondary N) is 1. The van der Waals surface area contributed by atoms with Gasteiger partial charge in [-0.05, 0) is 56.0 Å². The van der Waals surface area contributed by atoms with Gasteiger partial charge in [-0.25, -0.2) is 4.39 Å². The molecular formula is C23H27FN2O3S. The smallest absolute Gasteiger partial charge is 0.244 e. The van der Waals surface area contributed by atoms with Gasteiger partial charge in [0.05, 0.1) is 18.4 Å². The Morgan fingerprint density at radius 3 is 2.73 bits per heavy atom. The topological polar surface area (TPSA) is 58.6 Å². The van der Waals surface area contributed by atoms with E-state index in [9.17, 15) is 14.0 Å². The molecule has 1 heterocycles. The summed E-state index contributed by atoms with van der Waals surface area (Å²) in [5.74, 6) is -0.765. The Bertz CT molecular complexity index is 900. The first-order valence-corrected chi connectivity index (χ1v) is 11.1. The summed E-state index contributed by atoms with van der Waals surface area (Å²) < 4.78 is 19.5. The normalized spacial score (nSPS) is 15.8. The second-order valence-corrected chi connectivity index (χ2v) is 8.44. The molecule has 2 aromatic carbocycles. The Balaban J connectivity index is 1.65. The standard InChI is InChI=1S/C23H27FN2O3S/c1-16-7-5-10-20(17(16)2)25-22(27)14-26(13-18-8-6-12-29-18)23(28)15-30-21-11-4-3-9-19(21)24/h3-5,7,9-11,18H,6,8,12-15H2,1-2H3,(H,25,27)/t18-/m1/s1. The number of rotatable bonds is 8. The molecule has 7 heteroatoms. The number of carbonyl (C=O) groups excluding carboxylic acids is 2. The zero-order valence-electron chi connectivity index (χ0n) is 17.3.